The fraction of sp³-hybridized carbons (Fsp3) is 0.538. The molecule has 0 saturated heterocycles. The molecular weight excluding hydrogens is 305 g/mol. The largest absolute Gasteiger partial charge is 0.244 e. The Balaban J connectivity index is 3.23. The quantitative estimate of drug-likeness (QED) is 0.714. The van der Waals surface area contributed by atoms with Gasteiger partial charge in [-0.2, -0.15) is 4.31 Å². The third-order valence-corrected chi connectivity index (χ3v) is 5.40. The maximum Gasteiger partial charge on any atom is 0.244 e. The Morgan fingerprint density at radius 3 is 2.21 bits per heavy atom. The predicted octanol–water partition coefficient (Wildman–Crippen LogP) is 3.89. The van der Waals surface area contributed by atoms with Crippen molar-refractivity contribution in [3.63, 3.8) is 0 Å². The molecule has 0 amide bonds. The first-order chi connectivity index (χ1) is 8.97. The van der Waals surface area contributed by atoms with Crippen molar-refractivity contribution in [1.29, 1.82) is 0 Å². The van der Waals surface area contributed by atoms with Gasteiger partial charge in [-0.1, -0.05) is 31.5 Å². The summed E-state index contributed by atoms with van der Waals surface area (Å²) in [5, 5.41) is 0.242. The van der Waals surface area contributed by atoms with Crippen LogP contribution in [0.5, 0.6) is 0 Å². The lowest BCUT2D eigenvalue weighted by atomic mass is 10.2. The lowest BCUT2D eigenvalue weighted by Crippen LogP contribution is -2.32. The van der Waals surface area contributed by atoms with E-state index in [2.05, 4.69) is 0 Å². The van der Waals surface area contributed by atoms with Gasteiger partial charge in [-0.05, 0) is 30.5 Å². The monoisotopic (exact) mass is 323 g/mol. The smallest absolute Gasteiger partial charge is 0.207 e. The third kappa shape index (κ3) is 4.09. The standard InChI is InChI=1S/C13H19Cl2NO2S/c1-3-7-16(8-4-2)19(17,18)13-9-11(10-14)5-6-12(13)15/h5-6,9H,3-4,7-8,10H2,1-2H3. The van der Waals surface area contributed by atoms with Crippen molar-refractivity contribution in [3.05, 3.63) is 28.8 Å². The summed E-state index contributed by atoms with van der Waals surface area (Å²) in [7, 11) is -3.55. The Morgan fingerprint density at radius 1 is 1.16 bits per heavy atom. The number of alkyl halides is 1. The van der Waals surface area contributed by atoms with Crippen LogP contribution in [0.15, 0.2) is 23.1 Å². The van der Waals surface area contributed by atoms with E-state index in [4.69, 9.17) is 23.2 Å². The van der Waals surface area contributed by atoms with Crippen LogP contribution in [0.3, 0.4) is 0 Å². The highest BCUT2D eigenvalue weighted by Gasteiger charge is 2.25. The third-order valence-electron chi connectivity index (χ3n) is 2.71. The second kappa shape index (κ2) is 7.48. The van der Waals surface area contributed by atoms with E-state index < -0.39 is 10.0 Å². The summed E-state index contributed by atoms with van der Waals surface area (Å²) in [6.45, 7) is 4.90. The molecule has 6 heteroatoms. The van der Waals surface area contributed by atoms with Gasteiger partial charge in [0.1, 0.15) is 4.90 Å². The molecule has 3 nitrogen and oxygen atoms in total. The fourth-order valence-corrected chi connectivity index (χ4v) is 4.13. The second-order valence-electron chi connectivity index (χ2n) is 4.30. The Bertz CT molecular complexity index is 511. The van der Waals surface area contributed by atoms with Crippen LogP contribution < -0.4 is 0 Å². The molecule has 1 aromatic carbocycles. The predicted molar refractivity (Wildman–Crippen MR) is 80.3 cm³/mol. The molecule has 0 fully saturated rings. The van der Waals surface area contributed by atoms with E-state index in [1.54, 1.807) is 18.2 Å². The highest BCUT2D eigenvalue weighted by molar-refractivity contribution is 7.89. The average molecular weight is 324 g/mol. The summed E-state index contributed by atoms with van der Waals surface area (Å²) >= 11 is 11.8. The molecule has 0 unspecified atom stereocenters. The zero-order valence-corrected chi connectivity index (χ0v) is 13.5. The van der Waals surface area contributed by atoms with Gasteiger partial charge in [-0.3, -0.25) is 0 Å². The van der Waals surface area contributed by atoms with E-state index in [9.17, 15) is 8.42 Å². The molecule has 0 aliphatic rings. The van der Waals surface area contributed by atoms with Crippen molar-refractivity contribution in [2.45, 2.75) is 37.5 Å². The molecule has 0 N–H and O–H groups in total. The Morgan fingerprint density at radius 2 is 1.74 bits per heavy atom. The van der Waals surface area contributed by atoms with Crippen molar-refractivity contribution in [3.8, 4) is 0 Å². The average Bonchev–Trinajstić information content (AvgIpc) is 2.39. The number of nitrogens with zero attached hydrogens (tertiary/aromatic N) is 1. The van der Waals surface area contributed by atoms with Crippen LogP contribution in [0.1, 0.15) is 32.3 Å². The van der Waals surface area contributed by atoms with E-state index >= 15 is 0 Å². The summed E-state index contributed by atoms with van der Waals surface area (Å²) < 4.78 is 26.7. The highest BCUT2D eigenvalue weighted by atomic mass is 35.5. The molecule has 0 saturated carbocycles. The van der Waals surface area contributed by atoms with Crippen molar-refractivity contribution in [2.75, 3.05) is 13.1 Å². The molecule has 0 heterocycles. The Hall–Kier alpha value is -0.290. The Labute approximate surface area is 125 Å². The van der Waals surface area contributed by atoms with Gasteiger partial charge in [-0.15, -0.1) is 11.6 Å². The number of sulfonamides is 1. The topological polar surface area (TPSA) is 37.4 Å². The number of benzene rings is 1. The van der Waals surface area contributed by atoms with E-state index in [1.807, 2.05) is 13.8 Å². The molecule has 0 aliphatic heterocycles. The SMILES string of the molecule is CCCN(CCC)S(=O)(=O)c1cc(CCl)ccc1Cl. The summed E-state index contributed by atoms with van der Waals surface area (Å²) in [5.41, 5.74) is 0.748. The molecule has 0 radical (unpaired) electrons. The van der Waals surface area contributed by atoms with Crippen LogP contribution >= 0.6 is 23.2 Å². The number of halogens is 2. The number of hydrogen-bond donors (Lipinski definition) is 0. The molecule has 0 aliphatic carbocycles. The normalized spacial score (nSPS) is 12.1. The first-order valence-corrected chi connectivity index (χ1v) is 8.67. The van der Waals surface area contributed by atoms with E-state index in [0.717, 1.165) is 18.4 Å². The minimum Gasteiger partial charge on any atom is -0.207 e. The van der Waals surface area contributed by atoms with Gasteiger partial charge < -0.3 is 0 Å². The summed E-state index contributed by atoms with van der Waals surface area (Å²) in [6.07, 6.45) is 1.54. The number of hydrogen-bond acceptors (Lipinski definition) is 2. The van der Waals surface area contributed by atoms with E-state index in [1.165, 1.54) is 4.31 Å². The van der Waals surface area contributed by atoms with Gasteiger partial charge in [0.25, 0.3) is 0 Å². The van der Waals surface area contributed by atoms with Crippen molar-refractivity contribution >= 4 is 33.2 Å². The summed E-state index contributed by atoms with van der Waals surface area (Å²) in [4.78, 5) is 0.147. The molecule has 108 valence electrons. The van der Waals surface area contributed by atoms with Gasteiger partial charge in [0.2, 0.25) is 10.0 Å². The maximum atomic E-state index is 12.6. The molecule has 0 spiro atoms. The number of rotatable bonds is 7. The molecule has 0 atom stereocenters. The van der Waals surface area contributed by atoms with Crippen molar-refractivity contribution in [2.24, 2.45) is 0 Å². The molecule has 0 bridgehead atoms. The summed E-state index contributed by atoms with van der Waals surface area (Å²) in [6, 6.07) is 4.88. The van der Waals surface area contributed by atoms with Crippen molar-refractivity contribution in [1.82, 2.24) is 4.31 Å². The maximum absolute atomic E-state index is 12.6. The molecule has 19 heavy (non-hydrogen) atoms. The molecule has 1 aromatic rings. The lowest BCUT2D eigenvalue weighted by molar-refractivity contribution is 0.410. The van der Waals surface area contributed by atoms with Crippen LogP contribution in [0, 0.1) is 0 Å². The van der Waals surface area contributed by atoms with Crippen molar-refractivity contribution < 1.29 is 8.42 Å². The van der Waals surface area contributed by atoms with Gasteiger partial charge in [0.05, 0.1) is 5.02 Å². The second-order valence-corrected chi connectivity index (χ2v) is 6.88. The zero-order chi connectivity index (χ0) is 14.5. The summed E-state index contributed by atoms with van der Waals surface area (Å²) in [5.74, 6) is 0.265. The van der Waals surface area contributed by atoms with E-state index in [-0.39, 0.29) is 15.8 Å². The Kier molecular flexibility index (Phi) is 6.60. The van der Waals surface area contributed by atoms with Crippen LogP contribution in [-0.2, 0) is 15.9 Å². The fourth-order valence-electron chi connectivity index (χ4n) is 1.82. The first-order valence-electron chi connectivity index (χ1n) is 6.31. The van der Waals surface area contributed by atoms with Gasteiger partial charge in [0, 0.05) is 19.0 Å². The van der Waals surface area contributed by atoms with Crippen LogP contribution in [-0.4, -0.2) is 25.8 Å². The molecular formula is C13H19Cl2NO2S. The molecule has 1 rings (SSSR count). The van der Waals surface area contributed by atoms with Crippen LogP contribution in [0.4, 0.5) is 0 Å². The van der Waals surface area contributed by atoms with Gasteiger partial charge in [-0.25, -0.2) is 8.42 Å². The van der Waals surface area contributed by atoms with Crippen LogP contribution in [0.2, 0.25) is 5.02 Å². The zero-order valence-electron chi connectivity index (χ0n) is 11.2. The van der Waals surface area contributed by atoms with Gasteiger partial charge >= 0.3 is 0 Å². The molecule has 0 aromatic heterocycles. The minimum absolute atomic E-state index is 0.147. The van der Waals surface area contributed by atoms with Crippen LogP contribution in [0.25, 0.3) is 0 Å². The van der Waals surface area contributed by atoms with E-state index in [0.29, 0.717) is 13.1 Å². The van der Waals surface area contributed by atoms with Gasteiger partial charge in [0.15, 0.2) is 0 Å². The minimum atomic E-state index is -3.55. The first kappa shape index (κ1) is 16.8. The lowest BCUT2D eigenvalue weighted by Gasteiger charge is -2.21. The highest BCUT2D eigenvalue weighted by Crippen LogP contribution is 2.26.